The van der Waals surface area contributed by atoms with Crippen molar-refractivity contribution in [3.8, 4) is 51.0 Å². The van der Waals surface area contributed by atoms with Gasteiger partial charge in [-0.3, -0.25) is 9.97 Å². The molecule has 0 radical (unpaired) electrons. The van der Waals surface area contributed by atoms with Crippen molar-refractivity contribution in [1.29, 1.82) is 0 Å². The molecule has 0 aliphatic heterocycles. The average molecular weight is 509 g/mol. The Kier molecular flexibility index (Phi) is 4.44. The summed E-state index contributed by atoms with van der Waals surface area (Å²) in [7, 11) is 0. The van der Waals surface area contributed by atoms with Gasteiger partial charge in [-0.2, -0.15) is 4.80 Å². The molecule has 2 aromatic carbocycles. The van der Waals surface area contributed by atoms with Crippen LogP contribution in [0.5, 0.6) is 0 Å². The van der Waals surface area contributed by atoms with Gasteiger partial charge in [-0.1, -0.05) is 42.4 Å². The molecule has 7 heteroatoms. The van der Waals surface area contributed by atoms with Crippen molar-refractivity contribution in [2.45, 2.75) is 0 Å². The van der Waals surface area contributed by atoms with E-state index in [0.29, 0.717) is 56.3 Å². The third-order valence-corrected chi connectivity index (χ3v) is 6.13. The normalized spacial score (nSPS) is 12.9. The second-order valence-corrected chi connectivity index (χ2v) is 8.57. The summed E-state index contributed by atoms with van der Waals surface area (Å²) in [4.78, 5) is 19.6. The van der Waals surface area contributed by atoms with Crippen LogP contribution in [0.25, 0.3) is 62.0 Å². The first-order valence-electron chi connectivity index (χ1n) is 14.7. The van der Waals surface area contributed by atoms with Gasteiger partial charge >= 0.3 is 0 Å². The molecule has 0 spiro atoms. The van der Waals surface area contributed by atoms with E-state index in [1.807, 2.05) is 84.9 Å². The van der Waals surface area contributed by atoms with Crippen molar-refractivity contribution in [2.24, 2.45) is 0 Å². The smallest absolute Gasteiger partial charge is 0.123 e. The summed E-state index contributed by atoms with van der Waals surface area (Å²) in [6.45, 7) is 0. The second kappa shape index (κ2) is 9.72. The number of aromatic nitrogens is 7. The zero-order valence-corrected chi connectivity index (χ0v) is 20.4. The lowest BCUT2D eigenvalue weighted by molar-refractivity contribution is 0.766. The predicted octanol–water partition coefficient (Wildman–Crippen LogP) is 6.67. The van der Waals surface area contributed by atoms with Crippen LogP contribution in [0.2, 0.25) is 0 Å². The number of nitrogens with zero attached hydrogens (tertiary/aromatic N) is 7. The van der Waals surface area contributed by atoms with Crippen molar-refractivity contribution >= 4 is 11.0 Å². The quantitative estimate of drug-likeness (QED) is 0.258. The molecule has 39 heavy (non-hydrogen) atoms. The molecular weight excluding hydrogens is 482 g/mol. The van der Waals surface area contributed by atoms with E-state index in [1.165, 1.54) is 0 Å². The maximum absolute atomic E-state index is 8.52. The Bertz CT molecular complexity index is 2040. The van der Waals surface area contributed by atoms with Gasteiger partial charge in [0.2, 0.25) is 0 Å². The first kappa shape index (κ1) is 17.8. The van der Waals surface area contributed by atoms with Gasteiger partial charge in [0, 0.05) is 23.5 Å². The highest BCUT2D eigenvalue weighted by Gasteiger charge is 2.18. The van der Waals surface area contributed by atoms with Crippen LogP contribution in [0.4, 0.5) is 0 Å². The lowest BCUT2D eigenvalue weighted by Crippen LogP contribution is -1.97. The van der Waals surface area contributed by atoms with Crippen molar-refractivity contribution in [3.05, 3.63) is 128 Å². The van der Waals surface area contributed by atoms with Gasteiger partial charge < -0.3 is 0 Å². The predicted molar refractivity (Wildman–Crippen MR) is 152 cm³/mol. The van der Waals surface area contributed by atoms with Gasteiger partial charge in [0.05, 0.1) is 46.7 Å². The Morgan fingerprint density at radius 2 is 0.974 bits per heavy atom. The molecule has 7 aromatic rings. The van der Waals surface area contributed by atoms with Gasteiger partial charge in [-0.25, -0.2) is 9.97 Å². The summed E-state index contributed by atoms with van der Waals surface area (Å²) in [6, 6.07) is 23.9. The number of hydrogen-bond acceptors (Lipinski definition) is 6. The summed E-state index contributed by atoms with van der Waals surface area (Å²) in [5.74, 6) is 0. The van der Waals surface area contributed by atoms with Crippen LogP contribution in [0, 0.1) is 0 Å². The Labute approximate surface area is 231 Å². The van der Waals surface area contributed by atoms with E-state index in [0.717, 1.165) is 4.80 Å². The number of para-hydroxylation sites is 1. The Hall–Kier alpha value is -5.56. The molecule has 0 aliphatic rings. The number of benzene rings is 2. The molecule has 0 amide bonds. The Balaban J connectivity index is 1.47. The molecule has 7 nitrogen and oxygen atoms in total. The summed E-state index contributed by atoms with van der Waals surface area (Å²) in [5.41, 5.74) is 5.93. The van der Waals surface area contributed by atoms with Gasteiger partial charge in [0.1, 0.15) is 11.0 Å². The first-order chi connectivity index (χ1) is 21.4. The topological polar surface area (TPSA) is 82.3 Å². The van der Waals surface area contributed by atoms with Gasteiger partial charge in [-0.05, 0) is 72.7 Å². The van der Waals surface area contributed by atoms with Gasteiger partial charge in [0.15, 0.2) is 0 Å². The molecule has 7 rings (SSSR count). The van der Waals surface area contributed by atoms with Crippen LogP contribution in [0.3, 0.4) is 0 Å². The van der Waals surface area contributed by atoms with Crippen molar-refractivity contribution in [3.63, 3.8) is 0 Å². The molecule has 0 N–H and O–H groups in total. The zero-order valence-electron chi connectivity index (χ0n) is 25.4. The van der Waals surface area contributed by atoms with Crippen molar-refractivity contribution < 1.29 is 6.85 Å². The Morgan fingerprint density at radius 1 is 0.487 bits per heavy atom. The fraction of sp³-hybridized carbons (Fsp3) is 0. The molecule has 0 aliphatic carbocycles. The fourth-order valence-electron chi connectivity index (χ4n) is 4.33. The van der Waals surface area contributed by atoms with Crippen molar-refractivity contribution in [2.75, 3.05) is 0 Å². The summed E-state index contributed by atoms with van der Waals surface area (Å²) >= 11 is 0. The van der Waals surface area contributed by atoms with E-state index in [1.54, 1.807) is 12.4 Å². The summed E-state index contributed by atoms with van der Waals surface area (Å²) < 4.78 is 41.4. The monoisotopic (exact) mass is 508 g/mol. The lowest BCUT2D eigenvalue weighted by atomic mass is 10.0. The lowest BCUT2D eigenvalue weighted by Gasteiger charge is -2.08. The number of fused-ring (bicyclic) bond motifs is 1. The summed E-state index contributed by atoms with van der Waals surface area (Å²) in [5, 5.41) is 9.41. The first-order valence-corrected chi connectivity index (χ1v) is 12.2. The highest BCUT2D eigenvalue weighted by atomic mass is 15.5. The molecule has 0 unspecified atom stereocenters. The molecule has 0 saturated heterocycles. The van der Waals surface area contributed by atoms with E-state index in [9.17, 15) is 0 Å². The van der Waals surface area contributed by atoms with E-state index in [2.05, 4.69) is 9.97 Å². The maximum Gasteiger partial charge on any atom is 0.123 e. The number of hydrogen-bond donors (Lipinski definition) is 0. The molecule has 0 fully saturated rings. The van der Waals surface area contributed by atoms with Crippen LogP contribution in [0.1, 0.15) is 6.85 Å². The van der Waals surface area contributed by atoms with Crippen LogP contribution >= 0.6 is 0 Å². The molecule has 184 valence electrons. The SMILES string of the molecule is [2H]c1c([2H])c([2H])c(-n2nc3c(-c4cccc(-c5ccccn5)n4)ccc(-c4cccc(-c5ccccn5)n4)c3n2)c([2H])c1[2H]. The van der Waals surface area contributed by atoms with Crippen molar-refractivity contribution in [1.82, 2.24) is 34.9 Å². The molecule has 5 aromatic heterocycles. The third-order valence-electron chi connectivity index (χ3n) is 6.13. The van der Waals surface area contributed by atoms with Gasteiger partial charge in [-0.15, -0.1) is 10.2 Å². The minimum absolute atomic E-state index is 0.158. The highest BCUT2D eigenvalue weighted by Crippen LogP contribution is 2.34. The zero-order chi connectivity index (χ0) is 30.4. The van der Waals surface area contributed by atoms with E-state index in [4.69, 9.17) is 27.0 Å². The number of pyridine rings is 4. The number of rotatable bonds is 5. The summed E-state index contributed by atoms with van der Waals surface area (Å²) in [6.07, 6.45) is 3.41. The molecule has 0 bridgehead atoms. The highest BCUT2D eigenvalue weighted by molar-refractivity contribution is 5.99. The average Bonchev–Trinajstić information content (AvgIpc) is 3.52. The molecular formula is C32H21N7. The largest absolute Gasteiger partial charge is 0.255 e. The van der Waals surface area contributed by atoms with Crippen LogP contribution in [0.15, 0.2) is 128 Å². The van der Waals surface area contributed by atoms with Crippen LogP contribution in [-0.4, -0.2) is 34.9 Å². The van der Waals surface area contributed by atoms with E-state index in [-0.39, 0.29) is 5.69 Å². The van der Waals surface area contributed by atoms with Crippen LogP contribution < -0.4 is 0 Å². The standard InChI is InChI=1S/C32H21N7/c1-2-10-22(11-3-1)39-37-31-23(25-14-8-16-29(35-25)27-12-4-6-20-33-27)18-19-24(32(31)38-39)26-15-9-17-30(36-26)28-13-5-7-21-34-28/h1-21H/i1D,2D,3D,10D,11D. The minimum Gasteiger partial charge on any atom is -0.255 e. The minimum atomic E-state index is -0.493. The van der Waals surface area contributed by atoms with E-state index < -0.39 is 30.2 Å². The Morgan fingerprint density at radius 3 is 1.46 bits per heavy atom. The fourth-order valence-corrected chi connectivity index (χ4v) is 4.33. The van der Waals surface area contributed by atoms with Crippen LogP contribution in [-0.2, 0) is 0 Å². The van der Waals surface area contributed by atoms with E-state index >= 15 is 0 Å². The molecule has 0 atom stereocenters. The maximum atomic E-state index is 8.52. The van der Waals surface area contributed by atoms with Gasteiger partial charge in [0.25, 0.3) is 0 Å². The molecule has 0 saturated carbocycles. The molecule has 5 heterocycles. The third kappa shape index (κ3) is 4.32. The second-order valence-electron chi connectivity index (χ2n) is 8.57.